The number of benzene rings is 3. The van der Waals surface area contributed by atoms with E-state index in [-0.39, 0.29) is 11.3 Å². The van der Waals surface area contributed by atoms with Crippen LogP contribution in [0.25, 0.3) is 12.2 Å². The lowest BCUT2D eigenvalue weighted by atomic mass is 9.82. The molecule has 1 atom stereocenters. The molecule has 0 heterocycles. The van der Waals surface area contributed by atoms with Gasteiger partial charge in [-0.25, -0.2) is 0 Å². The highest BCUT2D eigenvalue weighted by molar-refractivity contribution is 6.01. The zero-order chi connectivity index (χ0) is 46.3. The van der Waals surface area contributed by atoms with E-state index in [2.05, 4.69) is 13.8 Å². The van der Waals surface area contributed by atoms with Gasteiger partial charge in [0, 0.05) is 31.0 Å². The fourth-order valence-corrected chi connectivity index (χ4v) is 8.92. The maximum atomic E-state index is 13.5. The predicted octanol–water partition coefficient (Wildman–Crippen LogP) is 11.4. The molecule has 2 fully saturated rings. The summed E-state index contributed by atoms with van der Waals surface area (Å²) in [4.78, 5) is 26.9. The topological polar surface area (TPSA) is 164 Å². The van der Waals surface area contributed by atoms with Gasteiger partial charge in [0.1, 0.15) is 11.5 Å². The first-order chi connectivity index (χ1) is 31.5. The lowest BCUT2D eigenvalue weighted by Gasteiger charge is -2.30. The number of unbranched alkanes of at least 4 members (excludes halogenated alkanes) is 8. The van der Waals surface area contributed by atoms with Crippen molar-refractivity contribution in [1.82, 2.24) is 0 Å². The van der Waals surface area contributed by atoms with Crippen LogP contribution in [0.3, 0.4) is 0 Å². The Morgan fingerprint density at radius 3 is 1.55 bits per heavy atom. The second-order valence-electron chi connectivity index (χ2n) is 18.5. The largest absolute Gasteiger partial charge is 0.493 e. The molecule has 2 saturated carbocycles. The van der Waals surface area contributed by atoms with Gasteiger partial charge in [0.2, 0.25) is 11.6 Å². The molecule has 10 heteroatoms. The van der Waals surface area contributed by atoms with E-state index in [0.717, 1.165) is 101 Å². The molecule has 3 aromatic rings. The van der Waals surface area contributed by atoms with Crippen LogP contribution < -0.4 is 20.9 Å². The van der Waals surface area contributed by atoms with E-state index in [1.165, 1.54) is 75.7 Å². The van der Waals surface area contributed by atoms with Crippen molar-refractivity contribution >= 4 is 35.1 Å². The van der Waals surface area contributed by atoms with Crippen LogP contribution in [0, 0.1) is 11.8 Å². The summed E-state index contributed by atoms with van der Waals surface area (Å²) in [6.07, 6.45) is 27.1. The summed E-state index contributed by atoms with van der Waals surface area (Å²) in [6.45, 7) is 7.49. The Hall–Kier alpha value is -4.48. The molecule has 0 radical (unpaired) electrons. The number of carbonyl (C=O) groups is 2. The molecule has 356 valence electrons. The summed E-state index contributed by atoms with van der Waals surface area (Å²) in [5.41, 5.74) is 14.4. The maximum Gasteiger partial charge on any atom is 0.235 e. The van der Waals surface area contributed by atoms with Gasteiger partial charge < -0.3 is 40.6 Å². The molecule has 5 rings (SSSR count). The number of hydrogen-bond donors (Lipinski definition) is 4. The Morgan fingerprint density at radius 1 is 0.631 bits per heavy atom. The summed E-state index contributed by atoms with van der Waals surface area (Å²) in [7, 11) is 0. The van der Waals surface area contributed by atoms with Crippen molar-refractivity contribution in [3.63, 3.8) is 0 Å². The van der Waals surface area contributed by atoms with E-state index in [4.69, 9.17) is 30.4 Å². The average molecular weight is 895 g/mol. The van der Waals surface area contributed by atoms with Crippen LogP contribution in [0.4, 0.5) is 11.4 Å². The molecule has 10 nitrogen and oxygen atoms in total. The Balaban J connectivity index is 1.08. The van der Waals surface area contributed by atoms with Gasteiger partial charge in [-0.15, -0.1) is 0 Å². The van der Waals surface area contributed by atoms with Crippen molar-refractivity contribution in [3.05, 3.63) is 95.6 Å². The van der Waals surface area contributed by atoms with Crippen LogP contribution in [0.5, 0.6) is 11.5 Å². The normalized spacial score (nSPS) is 19.7. The summed E-state index contributed by atoms with van der Waals surface area (Å²) in [5.74, 6) is -3.27. The fraction of sp³-hybridized carbons (Fsp3) is 0.564. The van der Waals surface area contributed by atoms with E-state index >= 15 is 0 Å². The number of allylic oxidation sites excluding steroid dienone is 1. The Kier molecular flexibility index (Phi) is 22.1. The summed E-state index contributed by atoms with van der Waals surface area (Å²) < 4.78 is 24.5. The highest BCUT2D eigenvalue weighted by atomic mass is 16.5. The van der Waals surface area contributed by atoms with E-state index in [1.54, 1.807) is 12.1 Å². The third-order valence-corrected chi connectivity index (χ3v) is 13.2. The van der Waals surface area contributed by atoms with Crippen molar-refractivity contribution in [2.75, 3.05) is 37.9 Å². The van der Waals surface area contributed by atoms with Crippen LogP contribution in [0.2, 0.25) is 0 Å². The smallest absolute Gasteiger partial charge is 0.235 e. The van der Waals surface area contributed by atoms with Gasteiger partial charge in [-0.3, -0.25) is 9.59 Å². The van der Waals surface area contributed by atoms with E-state index < -0.39 is 29.7 Å². The highest BCUT2D eigenvalue weighted by Gasteiger charge is 2.43. The molecule has 0 aliphatic heterocycles. The van der Waals surface area contributed by atoms with Gasteiger partial charge in [0.15, 0.2) is 5.78 Å². The first kappa shape index (κ1) is 51.5. The van der Waals surface area contributed by atoms with Crippen LogP contribution in [0.15, 0.2) is 78.9 Å². The molecule has 0 aromatic heterocycles. The first-order valence-corrected chi connectivity index (χ1v) is 24.8. The minimum atomic E-state index is -2.95. The highest BCUT2D eigenvalue weighted by Crippen LogP contribution is 2.36. The molecule has 0 saturated heterocycles. The lowest BCUT2D eigenvalue weighted by Crippen LogP contribution is -2.44. The lowest BCUT2D eigenvalue weighted by molar-refractivity contribution is -0.187. The maximum absolute atomic E-state index is 13.5. The van der Waals surface area contributed by atoms with Gasteiger partial charge in [-0.05, 0) is 141 Å². The zero-order valence-electron chi connectivity index (χ0n) is 39.3. The van der Waals surface area contributed by atoms with Crippen molar-refractivity contribution in [2.24, 2.45) is 11.8 Å². The molecule has 0 amide bonds. The number of carbonyl (C=O) groups excluding carboxylic acids is 2. The summed E-state index contributed by atoms with van der Waals surface area (Å²) >= 11 is 0. The Morgan fingerprint density at radius 2 is 1.09 bits per heavy atom. The van der Waals surface area contributed by atoms with Crippen molar-refractivity contribution < 1.29 is 38.7 Å². The second-order valence-corrected chi connectivity index (χ2v) is 18.5. The van der Waals surface area contributed by atoms with Crippen molar-refractivity contribution in [3.8, 4) is 11.5 Å². The number of rotatable bonds is 29. The molecular formula is C55H78N2O8. The van der Waals surface area contributed by atoms with Crippen LogP contribution in [-0.4, -0.2) is 66.2 Å². The predicted molar refractivity (Wildman–Crippen MR) is 263 cm³/mol. The number of aliphatic hydroxyl groups is 2. The molecule has 1 unspecified atom stereocenters. The number of ether oxygens (including phenoxy) is 4. The van der Waals surface area contributed by atoms with Gasteiger partial charge in [0.05, 0.1) is 31.3 Å². The van der Waals surface area contributed by atoms with Crippen LogP contribution >= 0.6 is 0 Å². The number of anilines is 2. The SMILES string of the molecule is CCCCCCCOC1CCC(COc2ccc(C=CC(=O)CC(c3ccc(N)cc3N)C(O)(O)C(=O)C=Cc3ccc(OCC4CCC(OCCCCCCC)CC4)cc3)cc2)CC1. The average Bonchev–Trinajstić information content (AvgIpc) is 3.31. The molecule has 0 spiro atoms. The van der Waals surface area contributed by atoms with E-state index in [0.29, 0.717) is 48.5 Å². The van der Waals surface area contributed by atoms with Crippen molar-refractivity contribution in [2.45, 2.75) is 160 Å². The molecule has 3 aromatic carbocycles. The second kappa shape index (κ2) is 27.9. The molecule has 0 bridgehead atoms. The Bertz CT molecular complexity index is 1890. The zero-order valence-corrected chi connectivity index (χ0v) is 39.3. The summed E-state index contributed by atoms with van der Waals surface area (Å²) in [6, 6.07) is 19.3. The number of nitrogens with two attached hydrogens (primary N) is 2. The van der Waals surface area contributed by atoms with Crippen LogP contribution in [0.1, 0.15) is 158 Å². The van der Waals surface area contributed by atoms with E-state index in [9.17, 15) is 19.8 Å². The van der Waals surface area contributed by atoms with Gasteiger partial charge >= 0.3 is 0 Å². The van der Waals surface area contributed by atoms with Gasteiger partial charge in [-0.1, -0.05) is 108 Å². The third-order valence-electron chi connectivity index (χ3n) is 13.2. The van der Waals surface area contributed by atoms with Crippen LogP contribution in [-0.2, 0) is 19.1 Å². The standard InChI is InChI=1S/C55H78N2O8/c1-3-5-7-9-11-35-62-47-29-18-43(19-30-47)39-64-49-25-14-41(15-26-49)13-24-46(58)38-52(51-33-23-45(56)37-53(51)57)55(60,61)54(59)34-22-42-16-27-50(28-17-42)65-40-44-20-31-48(32-21-44)63-36-12-10-8-6-4-2/h13-17,22-28,33-34,37,43-44,47-48,52,60-61H,3-12,18-21,29-32,35-36,38-40,56-57H2,1-2H3. The Labute approximate surface area is 389 Å². The number of nitrogen functional groups attached to an aromatic ring is 2. The molecule has 65 heavy (non-hydrogen) atoms. The van der Waals surface area contributed by atoms with Gasteiger partial charge in [0.25, 0.3) is 0 Å². The molecule has 6 N–H and O–H groups in total. The minimum Gasteiger partial charge on any atom is -0.493 e. The molecule has 2 aliphatic carbocycles. The molecular weight excluding hydrogens is 817 g/mol. The van der Waals surface area contributed by atoms with Gasteiger partial charge in [-0.2, -0.15) is 0 Å². The van der Waals surface area contributed by atoms with Crippen molar-refractivity contribution in [1.29, 1.82) is 0 Å². The fourth-order valence-electron chi connectivity index (χ4n) is 8.92. The quantitative estimate of drug-likeness (QED) is 0.0228. The van der Waals surface area contributed by atoms with E-state index in [1.807, 2.05) is 48.5 Å². The number of hydrogen-bond acceptors (Lipinski definition) is 10. The first-order valence-electron chi connectivity index (χ1n) is 24.8. The molecule has 2 aliphatic rings. The summed E-state index contributed by atoms with van der Waals surface area (Å²) in [5, 5.41) is 22.9. The minimum absolute atomic E-state index is 0.145. The monoisotopic (exact) mass is 895 g/mol. The third kappa shape index (κ3) is 18.0. The number of ketones is 2.